The summed E-state index contributed by atoms with van der Waals surface area (Å²) in [6.45, 7) is 2.78. The Balaban J connectivity index is 1.99. The second-order valence-corrected chi connectivity index (χ2v) is 5.41. The van der Waals surface area contributed by atoms with E-state index in [2.05, 4.69) is 5.38 Å². The van der Waals surface area contributed by atoms with Crippen molar-refractivity contribution in [3.05, 3.63) is 45.6 Å². The van der Waals surface area contributed by atoms with Crippen molar-refractivity contribution < 1.29 is 9.53 Å². The molecular weight excluding hydrogens is 258 g/mol. The number of ether oxygens (including phenoxy) is 1. The molecule has 3 rings (SSSR count). The Hall–Kier alpha value is -1.81. The van der Waals surface area contributed by atoms with Crippen LogP contribution in [0, 0.1) is 6.92 Å². The van der Waals surface area contributed by atoms with Gasteiger partial charge in [0.1, 0.15) is 5.75 Å². The van der Waals surface area contributed by atoms with E-state index in [1.54, 1.807) is 18.4 Å². The van der Waals surface area contributed by atoms with Crippen molar-refractivity contribution in [2.24, 2.45) is 0 Å². The van der Waals surface area contributed by atoms with Crippen molar-refractivity contribution in [2.75, 3.05) is 18.6 Å². The van der Waals surface area contributed by atoms with Crippen LogP contribution in [0.5, 0.6) is 5.75 Å². The topological polar surface area (TPSA) is 29.5 Å². The number of carbonyl (C=O) groups excluding carboxylic acids is 1. The highest BCUT2D eigenvalue weighted by Gasteiger charge is 2.26. The zero-order valence-electron chi connectivity index (χ0n) is 11.0. The van der Waals surface area contributed by atoms with Crippen LogP contribution in [0.25, 0.3) is 0 Å². The molecule has 1 aromatic carbocycles. The molecular formula is C15H15NO2S. The highest BCUT2D eigenvalue weighted by atomic mass is 32.1. The minimum Gasteiger partial charge on any atom is -0.497 e. The molecule has 0 spiro atoms. The molecule has 2 heterocycles. The van der Waals surface area contributed by atoms with Crippen LogP contribution in [0.15, 0.2) is 29.0 Å². The fourth-order valence-corrected chi connectivity index (χ4v) is 3.29. The molecule has 0 bridgehead atoms. The predicted octanol–water partition coefficient (Wildman–Crippen LogP) is 3.27. The van der Waals surface area contributed by atoms with E-state index in [-0.39, 0.29) is 5.91 Å². The lowest BCUT2D eigenvalue weighted by Crippen LogP contribution is -2.37. The number of carbonyl (C=O) groups is 1. The molecule has 98 valence electrons. The van der Waals surface area contributed by atoms with Gasteiger partial charge in [-0.3, -0.25) is 4.79 Å². The van der Waals surface area contributed by atoms with Crippen molar-refractivity contribution in [2.45, 2.75) is 13.3 Å². The maximum Gasteiger partial charge on any atom is 0.258 e. The SMILES string of the molecule is COc1ccc2c(c1)CCN(c1cscc1C)C2=O. The van der Waals surface area contributed by atoms with Crippen molar-refractivity contribution in [3.8, 4) is 5.75 Å². The summed E-state index contributed by atoms with van der Waals surface area (Å²) in [5.41, 5.74) is 4.07. The van der Waals surface area contributed by atoms with Gasteiger partial charge in [-0.1, -0.05) is 0 Å². The fourth-order valence-electron chi connectivity index (χ4n) is 2.45. The Bertz CT molecular complexity index is 633. The molecule has 0 atom stereocenters. The molecule has 0 saturated carbocycles. The van der Waals surface area contributed by atoms with E-state index in [9.17, 15) is 4.79 Å². The van der Waals surface area contributed by atoms with Crippen LogP contribution in [-0.2, 0) is 6.42 Å². The second-order valence-electron chi connectivity index (χ2n) is 4.67. The first-order chi connectivity index (χ1) is 9.20. The summed E-state index contributed by atoms with van der Waals surface area (Å²) < 4.78 is 5.21. The number of aryl methyl sites for hydroxylation is 1. The third-order valence-electron chi connectivity index (χ3n) is 3.51. The summed E-state index contributed by atoms with van der Waals surface area (Å²) in [7, 11) is 1.65. The number of nitrogens with zero attached hydrogens (tertiary/aromatic N) is 1. The van der Waals surface area contributed by atoms with Crippen molar-refractivity contribution in [1.82, 2.24) is 0 Å². The lowest BCUT2D eigenvalue weighted by atomic mass is 9.98. The van der Waals surface area contributed by atoms with E-state index in [0.717, 1.165) is 41.1 Å². The van der Waals surface area contributed by atoms with E-state index in [4.69, 9.17) is 4.74 Å². The zero-order valence-corrected chi connectivity index (χ0v) is 11.8. The predicted molar refractivity (Wildman–Crippen MR) is 77.4 cm³/mol. The largest absolute Gasteiger partial charge is 0.497 e. The first-order valence-corrected chi connectivity index (χ1v) is 7.16. The number of hydrogen-bond donors (Lipinski definition) is 0. The van der Waals surface area contributed by atoms with Crippen molar-refractivity contribution in [3.63, 3.8) is 0 Å². The van der Waals surface area contributed by atoms with Gasteiger partial charge in [-0.2, -0.15) is 0 Å². The molecule has 2 aromatic rings. The van der Waals surface area contributed by atoms with Crippen LogP contribution in [0.2, 0.25) is 0 Å². The van der Waals surface area contributed by atoms with Crippen LogP contribution in [0.3, 0.4) is 0 Å². The van der Waals surface area contributed by atoms with Crippen LogP contribution in [0.4, 0.5) is 5.69 Å². The van der Waals surface area contributed by atoms with Gasteiger partial charge in [0, 0.05) is 17.5 Å². The van der Waals surface area contributed by atoms with Gasteiger partial charge in [-0.25, -0.2) is 0 Å². The summed E-state index contributed by atoms with van der Waals surface area (Å²) in [6, 6.07) is 5.68. The van der Waals surface area contributed by atoms with Gasteiger partial charge in [-0.05, 0) is 48.1 Å². The van der Waals surface area contributed by atoms with Gasteiger partial charge < -0.3 is 9.64 Å². The maximum absolute atomic E-state index is 12.6. The summed E-state index contributed by atoms with van der Waals surface area (Å²) >= 11 is 1.64. The van der Waals surface area contributed by atoms with Gasteiger partial charge in [0.05, 0.1) is 12.8 Å². The van der Waals surface area contributed by atoms with Crippen molar-refractivity contribution in [1.29, 1.82) is 0 Å². The fraction of sp³-hybridized carbons (Fsp3) is 0.267. The third kappa shape index (κ3) is 2.02. The van der Waals surface area contributed by atoms with Crippen LogP contribution < -0.4 is 9.64 Å². The Morgan fingerprint density at radius 2 is 2.16 bits per heavy atom. The Morgan fingerprint density at radius 3 is 2.84 bits per heavy atom. The maximum atomic E-state index is 12.6. The zero-order chi connectivity index (χ0) is 13.4. The molecule has 1 amide bonds. The molecule has 4 heteroatoms. The molecule has 0 N–H and O–H groups in total. The quantitative estimate of drug-likeness (QED) is 0.840. The number of thiophene rings is 1. The highest BCUT2D eigenvalue weighted by Crippen LogP contribution is 2.30. The van der Waals surface area contributed by atoms with Gasteiger partial charge in [0.15, 0.2) is 0 Å². The molecule has 19 heavy (non-hydrogen) atoms. The van der Waals surface area contributed by atoms with E-state index >= 15 is 0 Å². The molecule has 3 nitrogen and oxygen atoms in total. The normalized spacial score (nSPS) is 14.4. The average Bonchev–Trinajstić information content (AvgIpc) is 2.85. The first kappa shape index (κ1) is 12.2. The minimum atomic E-state index is 0.0883. The standard InChI is InChI=1S/C15H15NO2S/c1-10-8-19-9-14(10)16-6-5-11-7-12(18-2)3-4-13(11)15(16)17/h3-4,7-9H,5-6H2,1-2H3. The smallest absolute Gasteiger partial charge is 0.258 e. The average molecular weight is 273 g/mol. The van der Waals surface area contributed by atoms with Gasteiger partial charge in [0.2, 0.25) is 0 Å². The number of fused-ring (bicyclic) bond motifs is 1. The lowest BCUT2D eigenvalue weighted by molar-refractivity contribution is 0.0980. The molecule has 0 saturated heterocycles. The van der Waals surface area contributed by atoms with E-state index in [1.807, 2.05) is 35.4 Å². The van der Waals surface area contributed by atoms with Gasteiger partial charge in [0.25, 0.3) is 5.91 Å². The molecule has 0 aliphatic carbocycles. The summed E-state index contributed by atoms with van der Waals surface area (Å²) in [4.78, 5) is 14.4. The van der Waals surface area contributed by atoms with Crippen LogP contribution in [-0.4, -0.2) is 19.6 Å². The highest BCUT2D eigenvalue weighted by molar-refractivity contribution is 7.08. The second kappa shape index (κ2) is 4.70. The summed E-state index contributed by atoms with van der Waals surface area (Å²) in [6.07, 6.45) is 0.869. The number of hydrogen-bond acceptors (Lipinski definition) is 3. The van der Waals surface area contributed by atoms with Crippen LogP contribution in [0.1, 0.15) is 21.5 Å². The first-order valence-electron chi connectivity index (χ1n) is 6.22. The Labute approximate surface area is 116 Å². The van der Waals surface area contributed by atoms with E-state index in [1.165, 1.54) is 0 Å². The summed E-state index contributed by atoms with van der Waals surface area (Å²) in [5, 5.41) is 4.12. The molecule has 0 unspecified atom stereocenters. The Morgan fingerprint density at radius 1 is 1.32 bits per heavy atom. The molecule has 1 aromatic heterocycles. The number of benzene rings is 1. The molecule has 0 fully saturated rings. The molecule has 1 aliphatic heterocycles. The summed E-state index contributed by atoms with van der Waals surface area (Å²) in [5.74, 6) is 0.900. The van der Waals surface area contributed by atoms with Crippen LogP contribution >= 0.6 is 11.3 Å². The molecule has 1 aliphatic rings. The monoisotopic (exact) mass is 273 g/mol. The minimum absolute atomic E-state index is 0.0883. The van der Waals surface area contributed by atoms with Gasteiger partial charge >= 0.3 is 0 Å². The van der Waals surface area contributed by atoms with Gasteiger partial charge in [-0.15, -0.1) is 11.3 Å². The van der Waals surface area contributed by atoms with Crippen molar-refractivity contribution >= 4 is 22.9 Å². The number of anilines is 1. The van der Waals surface area contributed by atoms with E-state index < -0.39 is 0 Å². The number of amides is 1. The number of methoxy groups -OCH3 is 1. The molecule has 0 radical (unpaired) electrons. The Kier molecular flexibility index (Phi) is 3.03. The lowest BCUT2D eigenvalue weighted by Gasteiger charge is -2.28. The number of rotatable bonds is 2. The third-order valence-corrected chi connectivity index (χ3v) is 4.36. The van der Waals surface area contributed by atoms with E-state index in [0.29, 0.717) is 0 Å².